The molecule has 7 nitrogen and oxygen atoms in total. The number of carbonyl (C=O) groups excluding carboxylic acids is 2. The first-order valence-corrected chi connectivity index (χ1v) is 5.87. The van der Waals surface area contributed by atoms with E-state index in [1.807, 2.05) is 5.43 Å². The summed E-state index contributed by atoms with van der Waals surface area (Å²) < 4.78 is 5.52. The maximum absolute atomic E-state index is 12.0. The molecule has 1 heterocycles. The summed E-state index contributed by atoms with van der Waals surface area (Å²) in [4.78, 5) is 24.8. The summed E-state index contributed by atoms with van der Waals surface area (Å²) in [5.74, 6) is 4.86. The van der Waals surface area contributed by atoms with Crippen LogP contribution in [-0.4, -0.2) is 24.5 Å². The van der Waals surface area contributed by atoms with Crippen LogP contribution < -0.4 is 26.6 Å². The van der Waals surface area contributed by atoms with Crippen LogP contribution in [0.2, 0.25) is 0 Å². The number of hydrogen-bond donors (Lipinski definition) is 3. The fraction of sp³-hybridized carbons (Fsp3) is 0.333. The molecule has 0 radical (unpaired) electrons. The highest BCUT2D eigenvalue weighted by molar-refractivity contribution is 6.03. The Bertz CT molecular complexity index is 518. The second kappa shape index (κ2) is 5.25. The molecular formula is C12H16N4O3. The standard InChI is InChI=1S/C12H16N4O3/c1-7-12(18)16(6-11(17)15-14)9-3-2-8(5-13)4-10(9)19-7/h2-4,7H,5-6,13-14H2,1H3,(H,15,17). The SMILES string of the molecule is CC1Oc2cc(CN)ccc2N(CC(=O)NN)C1=O. The van der Waals surface area contributed by atoms with Crippen LogP contribution in [0.1, 0.15) is 12.5 Å². The Labute approximate surface area is 110 Å². The van der Waals surface area contributed by atoms with Crippen molar-refractivity contribution in [2.75, 3.05) is 11.4 Å². The van der Waals surface area contributed by atoms with Crippen molar-refractivity contribution in [2.24, 2.45) is 11.6 Å². The van der Waals surface area contributed by atoms with Gasteiger partial charge in [0, 0.05) is 6.54 Å². The van der Waals surface area contributed by atoms with Crippen molar-refractivity contribution in [3.8, 4) is 5.75 Å². The molecule has 102 valence electrons. The lowest BCUT2D eigenvalue weighted by molar-refractivity contribution is -0.128. The van der Waals surface area contributed by atoms with E-state index < -0.39 is 12.0 Å². The Kier molecular flexibility index (Phi) is 3.68. The Morgan fingerprint density at radius 2 is 2.26 bits per heavy atom. The predicted octanol–water partition coefficient (Wildman–Crippen LogP) is -0.751. The molecule has 0 spiro atoms. The van der Waals surface area contributed by atoms with Gasteiger partial charge in [0.1, 0.15) is 12.3 Å². The summed E-state index contributed by atoms with van der Waals surface area (Å²) >= 11 is 0. The van der Waals surface area contributed by atoms with Gasteiger partial charge in [0.05, 0.1) is 5.69 Å². The third kappa shape index (κ3) is 2.51. The van der Waals surface area contributed by atoms with E-state index in [0.29, 0.717) is 18.0 Å². The van der Waals surface area contributed by atoms with Crippen LogP contribution in [0.4, 0.5) is 5.69 Å². The lowest BCUT2D eigenvalue weighted by Gasteiger charge is -2.32. The first-order valence-electron chi connectivity index (χ1n) is 5.87. The minimum Gasteiger partial charge on any atom is -0.479 e. The van der Waals surface area contributed by atoms with Gasteiger partial charge in [-0.05, 0) is 24.6 Å². The number of nitrogens with two attached hydrogens (primary N) is 2. The van der Waals surface area contributed by atoms with Crippen LogP contribution in [-0.2, 0) is 16.1 Å². The summed E-state index contributed by atoms with van der Waals surface area (Å²) in [6, 6.07) is 5.27. The molecule has 1 unspecified atom stereocenters. The van der Waals surface area contributed by atoms with E-state index in [9.17, 15) is 9.59 Å². The summed E-state index contributed by atoms with van der Waals surface area (Å²) in [6.07, 6.45) is -0.647. The Morgan fingerprint density at radius 1 is 1.53 bits per heavy atom. The summed E-state index contributed by atoms with van der Waals surface area (Å²) in [7, 11) is 0. The summed E-state index contributed by atoms with van der Waals surface area (Å²) in [6.45, 7) is 1.87. The number of amides is 2. The van der Waals surface area contributed by atoms with Crippen molar-refractivity contribution < 1.29 is 14.3 Å². The number of rotatable bonds is 3. The Balaban J connectivity index is 2.38. The van der Waals surface area contributed by atoms with E-state index >= 15 is 0 Å². The molecule has 7 heteroatoms. The average molecular weight is 264 g/mol. The lowest BCUT2D eigenvalue weighted by Crippen LogP contribution is -2.49. The molecule has 0 saturated heterocycles. The van der Waals surface area contributed by atoms with Gasteiger partial charge in [0.25, 0.3) is 11.8 Å². The van der Waals surface area contributed by atoms with Gasteiger partial charge in [-0.2, -0.15) is 0 Å². The van der Waals surface area contributed by atoms with Gasteiger partial charge in [-0.1, -0.05) is 6.07 Å². The molecule has 0 saturated carbocycles. The number of hydrazine groups is 1. The molecule has 2 amide bonds. The highest BCUT2D eigenvalue weighted by Gasteiger charge is 2.32. The molecule has 1 aliphatic heterocycles. The fourth-order valence-electron chi connectivity index (χ4n) is 1.93. The zero-order valence-electron chi connectivity index (χ0n) is 10.6. The van der Waals surface area contributed by atoms with E-state index in [1.165, 1.54) is 4.90 Å². The molecule has 0 aliphatic carbocycles. The van der Waals surface area contributed by atoms with Gasteiger partial charge < -0.3 is 10.5 Å². The number of fused-ring (bicyclic) bond motifs is 1. The number of ether oxygens (including phenoxy) is 1. The lowest BCUT2D eigenvalue weighted by atomic mass is 10.1. The summed E-state index contributed by atoms with van der Waals surface area (Å²) in [5.41, 5.74) is 9.01. The van der Waals surface area contributed by atoms with Crippen molar-refractivity contribution in [1.82, 2.24) is 5.43 Å². The van der Waals surface area contributed by atoms with Crippen molar-refractivity contribution in [1.29, 1.82) is 0 Å². The van der Waals surface area contributed by atoms with E-state index in [4.69, 9.17) is 16.3 Å². The van der Waals surface area contributed by atoms with Crippen LogP contribution in [0.5, 0.6) is 5.75 Å². The summed E-state index contributed by atoms with van der Waals surface area (Å²) in [5, 5.41) is 0. The third-order valence-electron chi connectivity index (χ3n) is 2.93. The van der Waals surface area contributed by atoms with E-state index in [1.54, 1.807) is 25.1 Å². The normalized spacial score (nSPS) is 17.7. The van der Waals surface area contributed by atoms with E-state index in [2.05, 4.69) is 0 Å². The van der Waals surface area contributed by atoms with Crippen LogP contribution in [0, 0.1) is 0 Å². The van der Waals surface area contributed by atoms with Crippen LogP contribution >= 0.6 is 0 Å². The molecule has 1 aliphatic rings. The highest BCUT2D eigenvalue weighted by atomic mass is 16.5. The van der Waals surface area contributed by atoms with Gasteiger partial charge >= 0.3 is 0 Å². The quantitative estimate of drug-likeness (QED) is 0.378. The number of nitrogens with one attached hydrogen (secondary N) is 1. The number of benzene rings is 1. The maximum atomic E-state index is 12.0. The average Bonchev–Trinajstić information content (AvgIpc) is 2.42. The monoisotopic (exact) mass is 264 g/mol. The first kappa shape index (κ1) is 13.3. The Morgan fingerprint density at radius 3 is 2.89 bits per heavy atom. The van der Waals surface area contributed by atoms with Crippen LogP contribution in [0.3, 0.4) is 0 Å². The van der Waals surface area contributed by atoms with Gasteiger partial charge in [0.15, 0.2) is 6.10 Å². The number of hydrogen-bond acceptors (Lipinski definition) is 5. The van der Waals surface area contributed by atoms with E-state index in [0.717, 1.165) is 5.56 Å². The van der Waals surface area contributed by atoms with Crippen molar-refractivity contribution in [3.05, 3.63) is 23.8 Å². The molecule has 1 aromatic rings. The van der Waals surface area contributed by atoms with Crippen LogP contribution in [0.15, 0.2) is 18.2 Å². The second-order valence-electron chi connectivity index (χ2n) is 4.26. The van der Waals surface area contributed by atoms with Crippen molar-refractivity contribution >= 4 is 17.5 Å². The van der Waals surface area contributed by atoms with Gasteiger partial charge in [0.2, 0.25) is 0 Å². The molecule has 1 aromatic carbocycles. The molecule has 5 N–H and O–H groups in total. The van der Waals surface area contributed by atoms with Crippen molar-refractivity contribution in [2.45, 2.75) is 19.6 Å². The van der Waals surface area contributed by atoms with Gasteiger partial charge in [-0.3, -0.25) is 19.9 Å². The minimum atomic E-state index is -0.647. The third-order valence-corrected chi connectivity index (χ3v) is 2.93. The van der Waals surface area contributed by atoms with Crippen LogP contribution in [0.25, 0.3) is 0 Å². The predicted molar refractivity (Wildman–Crippen MR) is 69.1 cm³/mol. The van der Waals surface area contributed by atoms with Gasteiger partial charge in [-0.25, -0.2) is 5.84 Å². The zero-order chi connectivity index (χ0) is 14.0. The zero-order valence-corrected chi connectivity index (χ0v) is 10.6. The topological polar surface area (TPSA) is 111 Å². The number of nitrogens with zero attached hydrogens (tertiary/aromatic N) is 1. The minimum absolute atomic E-state index is 0.141. The van der Waals surface area contributed by atoms with E-state index in [-0.39, 0.29) is 12.5 Å². The second-order valence-corrected chi connectivity index (χ2v) is 4.26. The van der Waals surface area contributed by atoms with Gasteiger partial charge in [-0.15, -0.1) is 0 Å². The molecular weight excluding hydrogens is 248 g/mol. The molecule has 19 heavy (non-hydrogen) atoms. The molecule has 0 fully saturated rings. The first-order chi connectivity index (χ1) is 9.06. The molecule has 1 atom stereocenters. The largest absolute Gasteiger partial charge is 0.479 e. The fourth-order valence-corrected chi connectivity index (χ4v) is 1.93. The molecule has 2 rings (SSSR count). The number of carbonyl (C=O) groups is 2. The van der Waals surface area contributed by atoms with Crippen molar-refractivity contribution in [3.63, 3.8) is 0 Å². The smallest absolute Gasteiger partial charge is 0.268 e. The highest BCUT2D eigenvalue weighted by Crippen LogP contribution is 2.34. The molecule has 0 bridgehead atoms. The number of anilines is 1. The Hall–Kier alpha value is -2.12. The molecule has 0 aromatic heterocycles. The maximum Gasteiger partial charge on any atom is 0.268 e.